The van der Waals surface area contributed by atoms with Crippen LogP contribution in [0.4, 0.5) is 0 Å². The van der Waals surface area contributed by atoms with Crippen LogP contribution in [0.3, 0.4) is 0 Å². The summed E-state index contributed by atoms with van der Waals surface area (Å²) in [6.45, 7) is 2.20. The third-order valence-electron chi connectivity index (χ3n) is 1.75. The average Bonchev–Trinajstić information content (AvgIpc) is 2.19. The highest BCUT2D eigenvalue weighted by Crippen LogP contribution is 2.21. The van der Waals surface area contributed by atoms with Crippen molar-refractivity contribution in [3.8, 4) is 5.75 Å². The predicted molar refractivity (Wildman–Crippen MR) is 61.5 cm³/mol. The number of benzene rings is 1. The van der Waals surface area contributed by atoms with E-state index in [9.17, 15) is 5.11 Å². The van der Waals surface area contributed by atoms with Crippen LogP contribution < -0.4 is 4.74 Å². The molecule has 0 fully saturated rings. The molecule has 0 aromatic heterocycles. The van der Waals surface area contributed by atoms with Crippen molar-refractivity contribution < 1.29 is 9.84 Å². The van der Waals surface area contributed by atoms with Crippen LogP contribution in [-0.2, 0) is 0 Å². The van der Waals surface area contributed by atoms with Crippen LogP contribution in [0.15, 0.2) is 18.2 Å². The van der Waals surface area contributed by atoms with Crippen LogP contribution in [-0.4, -0.2) is 23.1 Å². The summed E-state index contributed by atoms with van der Waals surface area (Å²) in [5.41, 5.74) is 0.970. The van der Waals surface area contributed by atoms with E-state index >= 15 is 0 Å². The normalized spacial score (nSPS) is 12.6. The maximum Gasteiger partial charge on any atom is 0.119 e. The molecule has 0 radical (unpaired) electrons. The van der Waals surface area contributed by atoms with Crippen LogP contribution in [0.25, 0.3) is 0 Å². The Balaban J connectivity index is 2.55. The Morgan fingerprint density at radius 1 is 1.57 bits per heavy atom. The third-order valence-corrected chi connectivity index (χ3v) is 2.92. The van der Waals surface area contributed by atoms with Gasteiger partial charge in [0.05, 0.1) is 6.10 Å². The molecule has 0 amide bonds. The topological polar surface area (TPSA) is 29.5 Å². The number of hydrogen-bond donors (Lipinski definition) is 1. The first-order valence-electron chi connectivity index (χ1n) is 4.26. The number of aliphatic hydroxyl groups excluding tert-OH is 1. The van der Waals surface area contributed by atoms with Gasteiger partial charge in [-0.3, -0.25) is 0 Å². The molecular formula is C10H12BrClO2. The molecule has 1 atom stereocenters. The summed E-state index contributed by atoms with van der Waals surface area (Å²) < 4.78 is 5.36. The molecule has 0 saturated heterocycles. The molecule has 1 rings (SSSR count). The number of halogens is 2. The van der Waals surface area contributed by atoms with Crippen molar-refractivity contribution in [3.05, 3.63) is 28.8 Å². The zero-order valence-electron chi connectivity index (χ0n) is 7.84. The summed E-state index contributed by atoms with van der Waals surface area (Å²) >= 11 is 9.02. The number of hydrogen-bond acceptors (Lipinski definition) is 2. The molecule has 4 heteroatoms. The van der Waals surface area contributed by atoms with Gasteiger partial charge in [0.1, 0.15) is 12.4 Å². The van der Waals surface area contributed by atoms with Crippen LogP contribution in [0.1, 0.15) is 5.56 Å². The maximum absolute atomic E-state index is 9.25. The van der Waals surface area contributed by atoms with Crippen molar-refractivity contribution in [2.45, 2.75) is 13.0 Å². The fourth-order valence-corrected chi connectivity index (χ4v) is 1.25. The summed E-state index contributed by atoms with van der Waals surface area (Å²) in [5, 5.41) is 10.5. The van der Waals surface area contributed by atoms with Crippen LogP contribution in [0, 0.1) is 6.92 Å². The van der Waals surface area contributed by atoms with Gasteiger partial charge >= 0.3 is 0 Å². The van der Waals surface area contributed by atoms with E-state index in [4.69, 9.17) is 16.3 Å². The number of alkyl halides is 1. The lowest BCUT2D eigenvalue weighted by atomic mass is 10.2. The van der Waals surface area contributed by atoms with E-state index in [1.807, 2.05) is 13.0 Å². The van der Waals surface area contributed by atoms with Crippen molar-refractivity contribution >= 4 is 27.5 Å². The first kappa shape index (κ1) is 11.8. The van der Waals surface area contributed by atoms with E-state index in [0.29, 0.717) is 5.33 Å². The summed E-state index contributed by atoms with van der Waals surface area (Å²) in [4.78, 5) is 0. The summed E-state index contributed by atoms with van der Waals surface area (Å²) in [5.74, 6) is 0.729. The molecule has 0 saturated carbocycles. The molecule has 0 bridgehead atoms. The van der Waals surface area contributed by atoms with Crippen molar-refractivity contribution in [2.24, 2.45) is 0 Å². The molecule has 0 spiro atoms. The minimum absolute atomic E-state index is 0.284. The van der Waals surface area contributed by atoms with E-state index < -0.39 is 6.10 Å². The molecule has 1 unspecified atom stereocenters. The fourth-order valence-electron chi connectivity index (χ4n) is 0.944. The predicted octanol–water partition coefficient (Wildman–Crippen LogP) is 2.78. The number of rotatable bonds is 4. The molecule has 78 valence electrons. The Hall–Kier alpha value is -0.250. The van der Waals surface area contributed by atoms with E-state index in [1.165, 1.54) is 0 Å². The highest BCUT2D eigenvalue weighted by atomic mass is 79.9. The molecule has 0 aliphatic heterocycles. The van der Waals surface area contributed by atoms with Gasteiger partial charge in [0, 0.05) is 10.4 Å². The lowest BCUT2D eigenvalue weighted by molar-refractivity contribution is 0.127. The van der Waals surface area contributed by atoms with Gasteiger partial charge in [0.15, 0.2) is 0 Å². The van der Waals surface area contributed by atoms with Gasteiger partial charge in [-0.05, 0) is 30.7 Å². The van der Waals surface area contributed by atoms with Crippen LogP contribution in [0.2, 0.25) is 5.02 Å². The molecular weight excluding hydrogens is 267 g/mol. The number of ether oxygens (including phenoxy) is 1. The zero-order chi connectivity index (χ0) is 10.6. The second kappa shape index (κ2) is 5.59. The molecule has 0 aliphatic carbocycles. The maximum atomic E-state index is 9.25. The fraction of sp³-hybridized carbons (Fsp3) is 0.400. The van der Waals surface area contributed by atoms with Crippen LogP contribution in [0.5, 0.6) is 5.75 Å². The third kappa shape index (κ3) is 3.48. The van der Waals surface area contributed by atoms with E-state index in [2.05, 4.69) is 15.9 Å². The highest BCUT2D eigenvalue weighted by molar-refractivity contribution is 9.09. The SMILES string of the molecule is Cc1cc(OCC(O)CBr)ccc1Cl. The van der Waals surface area contributed by atoms with Crippen molar-refractivity contribution in [2.75, 3.05) is 11.9 Å². The Bertz CT molecular complexity index is 304. The molecule has 1 N–H and O–H groups in total. The summed E-state index contributed by atoms with van der Waals surface area (Å²) in [6, 6.07) is 5.42. The van der Waals surface area contributed by atoms with Crippen molar-refractivity contribution in [3.63, 3.8) is 0 Å². The minimum Gasteiger partial charge on any atom is -0.491 e. The Labute approximate surface area is 97.0 Å². The first-order valence-corrected chi connectivity index (χ1v) is 5.76. The lowest BCUT2D eigenvalue weighted by Crippen LogP contribution is -2.18. The van der Waals surface area contributed by atoms with Crippen molar-refractivity contribution in [1.82, 2.24) is 0 Å². The van der Waals surface area contributed by atoms with E-state index in [1.54, 1.807) is 12.1 Å². The van der Waals surface area contributed by atoms with E-state index in [-0.39, 0.29) is 6.61 Å². The Kier molecular flexibility index (Phi) is 4.72. The largest absolute Gasteiger partial charge is 0.491 e. The molecule has 0 aliphatic rings. The van der Waals surface area contributed by atoms with Gasteiger partial charge in [-0.25, -0.2) is 0 Å². The number of aliphatic hydroxyl groups is 1. The zero-order valence-corrected chi connectivity index (χ0v) is 10.2. The number of aryl methyl sites for hydroxylation is 1. The lowest BCUT2D eigenvalue weighted by Gasteiger charge is -2.10. The standard InChI is InChI=1S/C10H12BrClO2/c1-7-4-9(2-3-10(7)12)14-6-8(13)5-11/h2-4,8,13H,5-6H2,1H3. The van der Waals surface area contributed by atoms with Crippen LogP contribution >= 0.6 is 27.5 Å². The smallest absolute Gasteiger partial charge is 0.119 e. The van der Waals surface area contributed by atoms with Gasteiger partial charge in [-0.2, -0.15) is 0 Å². The Morgan fingerprint density at radius 2 is 2.29 bits per heavy atom. The first-order chi connectivity index (χ1) is 6.63. The van der Waals surface area contributed by atoms with Gasteiger partial charge < -0.3 is 9.84 Å². The van der Waals surface area contributed by atoms with Gasteiger partial charge in [0.25, 0.3) is 0 Å². The van der Waals surface area contributed by atoms with Gasteiger partial charge in [0.2, 0.25) is 0 Å². The summed E-state index contributed by atoms with van der Waals surface area (Å²) in [7, 11) is 0. The van der Waals surface area contributed by atoms with Crippen molar-refractivity contribution in [1.29, 1.82) is 0 Å². The summed E-state index contributed by atoms with van der Waals surface area (Å²) in [6.07, 6.45) is -0.481. The second-order valence-corrected chi connectivity index (χ2v) is 4.08. The van der Waals surface area contributed by atoms with E-state index in [0.717, 1.165) is 16.3 Å². The minimum atomic E-state index is -0.481. The monoisotopic (exact) mass is 278 g/mol. The van der Waals surface area contributed by atoms with Gasteiger partial charge in [-0.1, -0.05) is 27.5 Å². The average molecular weight is 280 g/mol. The molecule has 0 heterocycles. The molecule has 14 heavy (non-hydrogen) atoms. The second-order valence-electron chi connectivity index (χ2n) is 3.03. The molecule has 2 nitrogen and oxygen atoms in total. The molecule has 1 aromatic rings. The molecule has 1 aromatic carbocycles. The highest BCUT2D eigenvalue weighted by Gasteiger charge is 2.03. The quantitative estimate of drug-likeness (QED) is 0.859. The Morgan fingerprint density at radius 3 is 2.86 bits per heavy atom. The van der Waals surface area contributed by atoms with Gasteiger partial charge in [-0.15, -0.1) is 0 Å².